The zero-order chi connectivity index (χ0) is 15.4. The van der Waals surface area contributed by atoms with E-state index in [0.717, 1.165) is 12.2 Å². The summed E-state index contributed by atoms with van der Waals surface area (Å²) in [5, 5.41) is 0. The maximum Gasteiger partial charge on any atom is -1.00 e. The molecule has 1 aromatic rings. The molecule has 0 amide bonds. The normalized spacial score (nSPS) is 16.7. The Hall–Kier alpha value is 0.143. The quantitative estimate of drug-likeness (QED) is 0.489. The monoisotopic (exact) mass is 518 g/mol. The molecule has 6 heteroatoms. The largest absolute Gasteiger partial charge is 1.00 e. The van der Waals surface area contributed by atoms with Gasteiger partial charge in [-0.1, -0.05) is 0 Å². The molecule has 0 aromatic heterocycles. The van der Waals surface area contributed by atoms with Gasteiger partial charge in [0.1, 0.15) is 0 Å². The van der Waals surface area contributed by atoms with Crippen molar-refractivity contribution in [3.05, 3.63) is 65.6 Å². The van der Waals surface area contributed by atoms with Crippen LogP contribution in [0.3, 0.4) is 0 Å². The summed E-state index contributed by atoms with van der Waals surface area (Å²) in [6, 6.07) is 4.43. The Kier molecular flexibility index (Phi) is 6.65. The number of hydrogen-bond donors (Lipinski definition) is 0. The molecular weight excluding hydrogens is 506 g/mol. The fraction of sp³-hybridized carbons (Fsp3) is 0.222. The van der Waals surface area contributed by atoms with E-state index >= 15 is 0 Å². The second-order valence-electron chi connectivity index (χ2n) is 6.06. The molecule has 0 fully saturated rings. The number of rotatable bonds is 2. The Morgan fingerprint density at radius 3 is 2.62 bits per heavy atom. The molecule has 3 aliphatic rings. The van der Waals surface area contributed by atoms with E-state index in [1.54, 1.807) is 0 Å². The van der Waals surface area contributed by atoms with Crippen molar-refractivity contribution in [3.63, 3.8) is 0 Å². The van der Waals surface area contributed by atoms with Crippen LogP contribution in [0.25, 0.3) is 6.08 Å². The molecular formula is C18H15BrCl2OSZr. The molecule has 4 rings (SSSR count). The van der Waals surface area contributed by atoms with Crippen molar-refractivity contribution in [2.75, 3.05) is 6.61 Å². The minimum absolute atomic E-state index is 0. The third kappa shape index (κ3) is 3.38. The van der Waals surface area contributed by atoms with Gasteiger partial charge >= 0.3 is 151 Å². The van der Waals surface area contributed by atoms with Crippen molar-refractivity contribution < 1.29 is 49.3 Å². The van der Waals surface area contributed by atoms with Gasteiger partial charge in [-0.05, 0) is 0 Å². The van der Waals surface area contributed by atoms with Crippen LogP contribution in [0.5, 0.6) is 0 Å². The summed E-state index contributed by atoms with van der Waals surface area (Å²) in [6.07, 6.45) is 7.74. The first-order chi connectivity index (χ1) is 10.5. The van der Waals surface area contributed by atoms with Gasteiger partial charge in [0, 0.05) is 0 Å². The van der Waals surface area contributed by atoms with Crippen molar-refractivity contribution in [1.82, 2.24) is 0 Å². The average Bonchev–Trinajstić information content (AvgIpc) is 3.12. The summed E-state index contributed by atoms with van der Waals surface area (Å²) in [7, 11) is 6.11. The number of hydrogen-bond acceptors (Lipinski definition) is 2. The molecule has 1 aromatic carbocycles. The van der Waals surface area contributed by atoms with Crippen LogP contribution in [-0.4, -0.2) is 6.61 Å². The number of allylic oxidation sites excluding steroid dienone is 4. The standard InChI is InChI=1S/C10H8Br.C8H7O.2ClH.S.Zr/c1-7-5-8-3-2-4-10(11)9(8)6-7;1-6-4-7-2-3-9-8(7)5-6;;;;/h2,4-5H,6H2,1H3;4-5H,3H2,1H3;2*1H;;/q;;;;;+2/p-2. The molecule has 0 atom stereocenters. The molecule has 1 aliphatic heterocycles. The Morgan fingerprint density at radius 2 is 1.88 bits per heavy atom. The van der Waals surface area contributed by atoms with Crippen LogP contribution in [-0.2, 0) is 30.9 Å². The van der Waals surface area contributed by atoms with Gasteiger partial charge in [0.05, 0.1) is 0 Å². The van der Waals surface area contributed by atoms with Gasteiger partial charge < -0.3 is 24.8 Å². The van der Waals surface area contributed by atoms with Crippen molar-refractivity contribution in [1.29, 1.82) is 0 Å². The maximum atomic E-state index is 6.11. The van der Waals surface area contributed by atoms with E-state index in [0.29, 0.717) is 6.61 Å². The smallest absolute Gasteiger partial charge is 1.00 e. The predicted octanol–water partition coefficient (Wildman–Crippen LogP) is -1.10. The molecule has 0 radical (unpaired) electrons. The third-order valence-electron chi connectivity index (χ3n) is 4.36. The number of benzene rings is 1. The van der Waals surface area contributed by atoms with Gasteiger partial charge in [0.25, 0.3) is 0 Å². The van der Waals surface area contributed by atoms with E-state index in [9.17, 15) is 0 Å². The number of ether oxygens (including phenoxy) is 1. The Bertz CT molecular complexity index is 868. The summed E-state index contributed by atoms with van der Waals surface area (Å²) < 4.78 is 9.92. The van der Waals surface area contributed by atoms with Crippen molar-refractivity contribution in [3.8, 4) is 0 Å². The van der Waals surface area contributed by atoms with E-state index in [1.165, 1.54) is 38.9 Å². The second kappa shape index (κ2) is 7.80. The summed E-state index contributed by atoms with van der Waals surface area (Å²) in [6.45, 7) is 5.03. The summed E-state index contributed by atoms with van der Waals surface area (Å²) >= 11 is 1.41. The molecule has 24 heavy (non-hydrogen) atoms. The molecule has 0 unspecified atom stereocenters. The molecule has 124 valence electrons. The van der Waals surface area contributed by atoms with E-state index in [4.69, 9.17) is 13.6 Å². The van der Waals surface area contributed by atoms with Crippen molar-refractivity contribution in [2.45, 2.75) is 20.3 Å². The van der Waals surface area contributed by atoms with Gasteiger partial charge in [-0.15, -0.1) is 0 Å². The van der Waals surface area contributed by atoms with Crippen molar-refractivity contribution >= 4 is 34.1 Å². The fourth-order valence-electron chi connectivity index (χ4n) is 3.32. The van der Waals surface area contributed by atoms with Gasteiger partial charge in [0.2, 0.25) is 0 Å². The summed E-state index contributed by atoms with van der Waals surface area (Å²) in [4.78, 5) is 0. The molecule has 0 bridgehead atoms. The minimum atomic E-state index is -2.28. The molecule has 0 spiro atoms. The van der Waals surface area contributed by atoms with E-state index in [2.05, 4.69) is 60.1 Å². The van der Waals surface area contributed by atoms with Crippen LogP contribution >= 0.6 is 24.8 Å². The molecule has 0 saturated heterocycles. The molecule has 0 saturated carbocycles. The van der Waals surface area contributed by atoms with Gasteiger partial charge in [-0.25, -0.2) is 0 Å². The molecule has 2 aliphatic carbocycles. The topological polar surface area (TPSA) is 9.23 Å². The summed E-state index contributed by atoms with van der Waals surface area (Å²) in [5.41, 5.74) is 6.78. The Labute approximate surface area is 174 Å². The van der Waals surface area contributed by atoms with Crippen LogP contribution in [0.15, 0.2) is 54.5 Å². The van der Waals surface area contributed by atoms with Crippen LogP contribution in [0.4, 0.5) is 0 Å². The van der Waals surface area contributed by atoms with E-state index in [-0.39, 0.29) is 24.8 Å². The first-order valence-electron chi connectivity index (χ1n) is 7.34. The van der Waals surface area contributed by atoms with Gasteiger partial charge in [0.15, 0.2) is 0 Å². The van der Waals surface area contributed by atoms with Crippen LogP contribution in [0, 0.1) is 0 Å². The summed E-state index contributed by atoms with van der Waals surface area (Å²) in [5.74, 6) is 1.04. The van der Waals surface area contributed by atoms with Crippen LogP contribution in [0.2, 0.25) is 0 Å². The molecule has 1 heterocycles. The van der Waals surface area contributed by atoms with Crippen LogP contribution in [0.1, 0.15) is 25.0 Å². The van der Waals surface area contributed by atoms with E-state index < -0.39 is 19.7 Å². The Balaban J connectivity index is 0.00000104. The maximum absolute atomic E-state index is 6.11. The zero-order valence-corrected chi connectivity index (χ0v) is 19.6. The fourth-order valence-corrected chi connectivity index (χ4v) is 9.96. The number of halogens is 3. The third-order valence-corrected chi connectivity index (χ3v) is 12.5. The zero-order valence-electron chi connectivity index (χ0n) is 13.3. The predicted molar refractivity (Wildman–Crippen MR) is 93.5 cm³/mol. The number of fused-ring (bicyclic) bond motifs is 2. The van der Waals surface area contributed by atoms with Gasteiger partial charge in [-0.3, -0.25) is 0 Å². The van der Waals surface area contributed by atoms with Crippen molar-refractivity contribution in [2.24, 2.45) is 0 Å². The Morgan fingerprint density at radius 1 is 1.12 bits per heavy atom. The molecule has 1 nitrogen and oxygen atoms in total. The SMILES string of the molecule is CC1=CC2=[C]([Zr+2](=[S])[c]3ccc(Br)c4c3C=C(C)C4)COC2=C1.[Cl-].[Cl-]. The van der Waals surface area contributed by atoms with Crippen LogP contribution < -0.4 is 28.1 Å². The minimum Gasteiger partial charge on any atom is -1.00 e. The average molecular weight is 521 g/mol. The second-order valence-corrected chi connectivity index (χ2v) is 13.8. The van der Waals surface area contributed by atoms with Gasteiger partial charge in [-0.2, -0.15) is 0 Å². The first kappa shape index (κ1) is 20.5. The van der Waals surface area contributed by atoms with E-state index in [1.807, 2.05) is 0 Å². The first-order valence-corrected chi connectivity index (χ1v) is 14.0. The molecule has 0 N–H and O–H groups in total.